The van der Waals surface area contributed by atoms with Gasteiger partial charge in [-0.3, -0.25) is 0 Å². The first-order valence-corrected chi connectivity index (χ1v) is 3.69. The zero-order valence-corrected chi connectivity index (χ0v) is 6.64. The van der Waals surface area contributed by atoms with Crippen LogP contribution in [0.3, 0.4) is 0 Å². The number of hydrogen-bond acceptors (Lipinski definition) is 2. The van der Waals surface area contributed by atoms with Gasteiger partial charge in [0.05, 0.1) is 6.10 Å². The Morgan fingerprint density at radius 3 is 2.70 bits per heavy atom. The number of aliphatic hydroxyl groups excluding tert-OH is 1. The average Bonchev–Trinajstić information content (AvgIpc) is 1.88. The minimum absolute atomic E-state index is 0.0417. The van der Waals surface area contributed by atoms with Crippen LogP contribution in [0.4, 0.5) is 0 Å². The second-order valence-electron chi connectivity index (χ2n) is 2.41. The maximum atomic E-state index is 9.17. The van der Waals surface area contributed by atoms with E-state index in [0.717, 1.165) is 4.86 Å². The summed E-state index contributed by atoms with van der Waals surface area (Å²) in [6.07, 6.45) is 7.21. The van der Waals surface area contributed by atoms with Crippen molar-refractivity contribution < 1.29 is 5.11 Å². The topological polar surface area (TPSA) is 20.2 Å². The highest BCUT2D eigenvalue weighted by Crippen LogP contribution is 2.13. The van der Waals surface area contributed by atoms with Crippen molar-refractivity contribution in [3.05, 3.63) is 24.3 Å². The van der Waals surface area contributed by atoms with Crippen LogP contribution in [-0.4, -0.2) is 16.1 Å². The van der Waals surface area contributed by atoms with Gasteiger partial charge in [0.2, 0.25) is 0 Å². The van der Waals surface area contributed by atoms with Crippen LogP contribution in [0.25, 0.3) is 0 Å². The van der Waals surface area contributed by atoms with Crippen molar-refractivity contribution in [2.24, 2.45) is 5.92 Å². The minimum Gasteiger partial charge on any atom is -0.392 e. The van der Waals surface area contributed by atoms with Gasteiger partial charge in [0.1, 0.15) is 0 Å². The first kappa shape index (κ1) is 7.63. The summed E-state index contributed by atoms with van der Waals surface area (Å²) in [4.78, 5) is 0.817. The van der Waals surface area contributed by atoms with E-state index >= 15 is 0 Å². The molecule has 0 saturated heterocycles. The fraction of sp³-hybridized carbons (Fsp3) is 0.375. The monoisotopic (exact) mass is 154 g/mol. The van der Waals surface area contributed by atoms with Crippen LogP contribution in [0.1, 0.15) is 6.92 Å². The van der Waals surface area contributed by atoms with Crippen molar-refractivity contribution in [1.82, 2.24) is 0 Å². The van der Waals surface area contributed by atoms with Crippen LogP contribution in [-0.2, 0) is 0 Å². The zero-order valence-electron chi connectivity index (χ0n) is 5.82. The van der Waals surface area contributed by atoms with E-state index < -0.39 is 0 Å². The van der Waals surface area contributed by atoms with Crippen molar-refractivity contribution in [3.63, 3.8) is 0 Å². The molecule has 10 heavy (non-hydrogen) atoms. The second kappa shape index (κ2) is 3.08. The van der Waals surface area contributed by atoms with Gasteiger partial charge in [-0.1, -0.05) is 30.4 Å². The molecule has 0 aromatic heterocycles. The number of hydrogen-bond donors (Lipinski definition) is 1. The van der Waals surface area contributed by atoms with Crippen molar-refractivity contribution in [3.8, 4) is 0 Å². The van der Waals surface area contributed by atoms with E-state index in [1.807, 2.05) is 24.3 Å². The fourth-order valence-corrected chi connectivity index (χ4v) is 1.29. The molecular weight excluding hydrogens is 144 g/mol. The first-order chi connectivity index (χ1) is 4.72. The lowest BCUT2D eigenvalue weighted by Gasteiger charge is -2.16. The largest absolute Gasteiger partial charge is 0.392 e. The fourth-order valence-electron chi connectivity index (χ4n) is 0.939. The SMILES string of the molecule is C[C@H](O)C1C=CC=CC1=S. The summed E-state index contributed by atoms with van der Waals surface area (Å²) in [5, 5.41) is 9.17. The lowest BCUT2D eigenvalue weighted by atomic mass is 9.96. The van der Waals surface area contributed by atoms with Gasteiger partial charge >= 0.3 is 0 Å². The molecule has 2 heteroatoms. The lowest BCUT2D eigenvalue weighted by molar-refractivity contribution is 0.176. The standard InChI is InChI=1S/C8H10OS/c1-6(9)7-4-2-3-5-8(7)10/h2-7,9H,1H3/t6-,7?/m0/s1. The van der Waals surface area contributed by atoms with Gasteiger partial charge < -0.3 is 5.11 Å². The smallest absolute Gasteiger partial charge is 0.0623 e. The van der Waals surface area contributed by atoms with E-state index in [-0.39, 0.29) is 12.0 Å². The lowest BCUT2D eigenvalue weighted by Crippen LogP contribution is -2.22. The predicted octanol–water partition coefficient (Wildman–Crippen LogP) is 1.48. The zero-order chi connectivity index (χ0) is 7.56. The molecule has 1 rings (SSSR count). The number of thiocarbonyl (C=S) groups is 1. The van der Waals surface area contributed by atoms with Crippen molar-refractivity contribution in [1.29, 1.82) is 0 Å². The Labute approximate surface area is 66.1 Å². The maximum Gasteiger partial charge on any atom is 0.0623 e. The van der Waals surface area contributed by atoms with Crippen LogP contribution in [0.5, 0.6) is 0 Å². The van der Waals surface area contributed by atoms with Gasteiger partial charge in [0, 0.05) is 10.8 Å². The summed E-state index contributed by atoms with van der Waals surface area (Å²) in [5.74, 6) is 0.0417. The summed E-state index contributed by atoms with van der Waals surface area (Å²) in [6, 6.07) is 0. The molecule has 1 N–H and O–H groups in total. The molecule has 0 heterocycles. The normalized spacial score (nSPS) is 27.0. The highest BCUT2D eigenvalue weighted by atomic mass is 32.1. The van der Waals surface area contributed by atoms with Crippen molar-refractivity contribution in [2.75, 3.05) is 0 Å². The Morgan fingerprint density at radius 1 is 1.60 bits per heavy atom. The number of aliphatic hydroxyl groups is 1. The number of rotatable bonds is 1. The average molecular weight is 154 g/mol. The van der Waals surface area contributed by atoms with E-state index in [1.165, 1.54) is 0 Å². The maximum absolute atomic E-state index is 9.17. The van der Waals surface area contributed by atoms with Gasteiger partial charge in [-0.15, -0.1) is 0 Å². The Kier molecular flexibility index (Phi) is 2.35. The molecule has 1 nitrogen and oxygen atoms in total. The molecule has 0 bridgehead atoms. The molecule has 0 aromatic rings. The van der Waals surface area contributed by atoms with Crippen LogP contribution in [0, 0.1) is 5.92 Å². The summed E-state index contributed by atoms with van der Waals surface area (Å²) in [6.45, 7) is 1.75. The second-order valence-corrected chi connectivity index (χ2v) is 2.88. The molecule has 1 aliphatic rings. The summed E-state index contributed by atoms with van der Waals surface area (Å²) in [7, 11) is 0. The van der Waals surface area contributed by atoms with Gasteiger partial charge in [0.15, 0.2) is 0 Å². The van der Waals surface area contributed by atoms with Crippen LogP contribution < -0.4 is 0 Å². The molecule has 0 saturated carbocycles. The Balaban J connectivity index is 2.70. The molecule has 1 unspecified atom stereocenters. The Hall–Kier alpha value is -0.470. The summed E-state index contributed by atoms with van der Waals surface area (Å²) < 4.78 is 0. The highest BCUT2D eigenvalue weighted by molar-refractivity contribution is 7.80. The highest BCUT2D eigenvalue weighted by Gasteiger charge is 2.15. The van der Waals surface area contributed by atoms with E-state index in [0.29, 0.717) is 0 Å². The molecule has 0 spiro atoms. The minimum atomic E-state index is -0.367. The summed E-state index contributed by atoms with van der Waals surface area (Å²) in [5.41, 5.74) is 0. The van der Waals surface area contributed by atoms with E-state index in [4.69, 9.17) is 12.2 Å². The van der Waals surface area contributed by atoms with Crippen LogP contribution >= 0.6 is 12.2 Å². The third-order valence-electron chi connectivity index (χ3n) is 1.54. The molecule has 0 amide bonds. The molecule has 0 radical (unpaired) electrons. The molecule has 0 fully saturated rings. The Morgan fingerprint density at radius 2 is 2.30 bits per heavy atom. The third-order valence-corrected chi connectivity index (χ3v) is 1.95. The third kappa shape index (κ3) is 1.52. The van der Waals surface area contributed by atoms with Crippen molar-refractivity contribution >= 4 is 17.1 Å². The van der Waals surface area contributed by atoms with E-state index in [1.54, 1.807) is 6.92 Å². The van der Waals surface area contributed by atoms with Crippen molar-refractivity contribution in [2.45, 2.75) is 13.0 Å². The molecule has 0 aromatic carbocycles. The van der Waals surface area contributed by atoms with Gasteiger partial charge in [-0.2, -0.15) is 0 Å². The quantitative estimate of drug-likeness (QED) is 0.577. The molecule has 1 aliphatic carbocycles. The molecule has 54 valence electrons. The van der Waals surface area contributed by atoms with E-state index in [2.05, 4.69) is 0 Å². The van der Waals surface area contributed by atoms with Gasteiger partial charge in [-0.25, -0.2) is 0 Å². The molecule has 2 atom stereocenters. The molecular formula is C8H10OS. The Bertz CT molecular complexity index is 191. The summed E-state index contributed by atoms with van der Waals surface area (Å²) >= 11 is 5.01. The van der Waals surface area contributed by atoms with E-state index in [9.17, 15) is 5.11 Å². The van der Waals surface area contributed by atoms with Gasteiger partial charge in [-0.05, 0) is 13.0 Å². The first-order valence-electron chi connectivity index (χ1n) is 3.28. The van der Waals surface area contributed by atoms with Crippen LogP contribution in [0.15, 0.2) is 24.3 Å². The van der Waals surface area contributed by atoms with Gasteiger partial charge in [0.25, 0.3) is 0 Å². The molecule has 0 aliphatic heterocycles. The van der Waals surface area contributed by atoms with Crippen LogP contribution in [0.2, 0.25) is 0 Å². The number of allylic oxidation sites excluding steroid dienone is 3. The predicted molar refractivity (Wildman–Crippen MR) is 46.0 cm³/mol.